The molecule has 20 heavy (non-hydrogen) atoms. The van der Waals surface area contributed by atoms with Gasteiger partial charge in [-0.3, -0.25) is 0 Å². The Morgan fingerprint density at radius 1 is 1.25 bits per heavy atom. The Balaban J connectivity index is 2.15. The van der Waals surface area contributed by atoms with E-state index in [4.69, 9.17) is 0 Å². The predicted octanol–water partition coefficient (Wildman–Crippen LogP) is 1.19. The first-order valence-corrected chi connectivity index (χ1v) is 8.29. The summed E-state index contributed by atoms with van der Waals surface area (Å²) in [7, 11) is -3.21. The molecule has 0 amide bonds. The van der Waals surface area contributed by atoms with E-state index in [-0.39, 0.29) is 0 Å². The molecular formula is C14H15N3O2S. The third-order valence-corrected chi connectivity index (χ3v) is 4.52. The summed E-state index contributed by atoms with van der Waals surface area (Å²) in [6.45, 7) is 1.62. The van der Waals surface area contributed by atoms with Crippen molar-refractivity contribution in [2.75, 3.05) is 12.8 Å². The summed E-state index contributed by atoms with van der Waals surface area (Å²) in [6.07, 6.45) is 3.61. The molecule has 0 unspecified atom stereocenters. The monoisotopic (exact) mass is 289 g/mol. The summed E-state index contributed by atoms with van der Waals surface area (Å²) in [6, 6.07) is 6.93. The third-order valence-electron chi connectivity index (χ3n) is 3.41. The van der Waals surface area contributed by atoms with Crippen LogP contribution in [0, 0.1) is 0 Å². The molecule has 6 heteroatoms. The van der Waals surface area contributed by atoms with E-state index in [0.29, 0.717) is 4.90 Å². The van der Waals surface area contributed by atoms with Crippen molar-refractivity contribution >= 4 is 9.84 Å². The van der Waals surface area contributed by atoms with Crippen LogP contribution in [0.2, 0.25) is 0 Å². The molecule has 0 radical (unpaired) electrons. The molecule has 0 saturated heterocycles. The normalized spacial score (nSPS) is 14.8. The zero-order valence-electron chi connectivity index (χ0n) is 11.1. The summed E-state index contributed by atoms with van der Waals surface area (Å²) in [5, 5.41) is 3.27. The Bertz CT molecular complexity index is 757. The molecular weight excluding hydrogens is 274 g/mol. The zero-order valence-corrected chi connectivity index (χ0v) is 11.9. The van der Waals surface area contributed by atoms with Gasteiger partial charge in [0.1, 0.15) is 6.33 Å². The van der Waals surface area contributed by atoms with Gasteiger partial charge in [0.25, 0.3) is 0 Å². The third kappa shape index (κ3) is 2.44. The summed E-state index contributed by atoms with van der Waals surface area (Å²) in [4.78, 5) is 8.95. The Morgan fingerprint density at radius 3 is 2.90 bits per heavy atom. The van der Waals surface area contributed by atoms with Crippen LogP contribution in [-0.2, 0) is 22.8 Å². The van der Waals surface area contributed by atoms with Crippen LogP contribution in [0.4, 0.5) is 0 Å². The van der Waals surface area contributed by atoms with Gasteiger partial charge in [-0.15, -0.1) is 0 Å². The molecule has 5 nitrogen and oxygen atoms in total. The van der Waals surface area contributed by atoms with E-state index in [2.05, 4.69) is 15.3 Å². The topological polar surface area (TPSA) is 72.0 Å². The van der Waals surface area contributed by atoms with Gasteiger partial charge >= 0.3 is 0 Å². The maximum atomic E-state index is 11.7. The molecule has 0 bridgehead atoms. The van der Waals surface area contributed by atoms with E-state index in [0.717, 1.165) is 42.0 Å². The maximum Gasteiger partial charge on any atom is 0.175 e. The highest BCUT2D eigenvalue weighted by molar-refractivity contribution is 7.90. The molecule has 1 N–H and O–H groups in total. The smallest absolute Gasteiger partial charge is 0.175 e. The van der Waals surface area contributed by atoms with Crippen LogP contribution < -0.4 is 5.32 Å². The second-order valence-corrected chi connectivity index (χ2v) is 6.89. The van der Waals surface area contributed by atoms with Crippen molar-refractivity contribution in [3.8, 4) is 11.3 Å². The number of nitrogens with one attached hydrogen (secondary N) is 1. The minimum Gasteiger partial charge on any atom is -0.311 e. The summed E-state index contributed by atoms with van der Waals surface area (Å²) in [5.74, 6) is 0. The first-order valence-electron chi connectivity index (χ1n) is 6.39. The largest absolute Gasteiger partial charge is 0.311 e. The molecule has 0 spiro atoms. The molecule has 0 atom stereocenters. The quantitative estimate of drug-likeness (QED) is 0.899. The summed E-state index contributed by atoms with van der Waals surface area (Å²) >= 11 is 0. The molecule has 0 fully saturated rings. The highest BCUT2D eigenvalue weighted by Crippen LogP contribution is 2.26. The van der Waals surface area contributed by atoms with Crippen LogP contribution >= 0.6 is 0 Å². The molecule has 1 aromatic heterocycles. The molecule has 1 aromatic carbocycles. The second-order valence-electron chi connectivity index (χ2n) is 4.87. The van der Waals surface area contributed by atoms with Crippen molar-refractivity contribution in [3.63, 3.8) is 0 Å². The second kappa shape index (κ2) is 4.96. The van der Waals surface area contributed by atoms with Crippen molar-refractivity contribution in [3.05, 3.63) is 41.9 Å². The fraction of sp³-hybridized carbons (Fsp3) is 0.286. The number of aromatic nitrogens is 2. The SMILES string of the molecule is CS(=O)(=O)c1cccc(-c2ncnc3c2CCNC3)c1. The number of hydrogen-bond donors (Lipinski definition) is 1. The van der Waals surface area contributed by atoms with Gasteiger partial charge in [-0.2, -0.15) is 0 Å². The van der Waals surface area contributed by atoms with Crippen molar-refractivity contribution in [2.45, 2.75) is 17.9 Å². The van der Waals surface area contributed by atoms with Crippen LogP contribution in [0.5, 0.6) is 0 Å². The summed E-state index contributed by atoms with van der Waals surface area (Å²) in [5.41, 5.74) is 3.76. The Morgan fingerprint density at radius 2 is 2.10 bits per heavy atom. The van der Waals surface area contributed by atoms with Crippen molar-refractivity contribution < 1.29 is 8.42 Å². The van der Waals surface area contributed by atoms with Crippen molar-refractivity contribution in [1.29, 1.82) is 0 Å². The van der Waals surface area contributed by atoms with Crippen LogP contribution in [-0.4, -0.2) is 31.2 Å². The van der Waals surface area contributed by atoms with Gasteiger partial charge < -0.3 is 5.32 Å². The number of fused-ring (bicyclic) bond motifs is 1. The van der Waals surface area contributed by atoms with Gasteiger partial charge in [-0.1, -0.05) is 12.1 Å². The van der Waals surface area contributed by atoms with Crippen molar-refractivity contribution in [2.24, 2.45) is 0 Å². The lowest BCUT2D eigenvalue weighted by atomic mass is 9.99. The van der Waals surface area contributed by atoms with Gasteiger partial charge in [0, 0.05) is 23.9 Å². The molecule has 0 aliphatic carbocycles. The first-order chi connectivity index (χ1) is 9.55. The fourth-order valence-electron chi connectivity index (χ4n) is 2.41. The number of rotatable bonds is 2. The van der Waals surface area contributed by atoms with Crippen molar-refractivity contribution in [1.82, 2.24) is 15.3 Å². The number of benzene rings is 1. The molecule has 3 rings (SSSR count). The average Bonchev–Trinajstić information content (AvgIpc) is 2.46. The lowest BCUT2D eigenvalue weighted by Crippen LogP contribution is -2.25. The number of hydrogen-bond acceptors (Lipinski definition) is 5. The first kappa shape index (κ1) is 13.2. The molecule has 1 aliphatic heterocycles. The van der Waals surface area contributed by atoms with Gasteiger partial charge in [0.15, 0.2) is 9.84 Å². The van der Waals surface area contributed by atoms with E-state index in [1.807, 2.05) is 6.07 Å². The Hall–Kier alpha value is -1.79. The predicted molar refractivity (Wildman–Crippen MR) is 76.0 cm³/mol. The molecule has 2 heterocycles. The molecule has 2 aromatic rings. The van der Waals surface area contributed by atoms with Crippen LogP contribution in [0.25, 0.3) is 11.3 Å². The van der Waals surface area contributed by atoms with E-state index in [9.17, 15) is 8.42 Å². The van der Waals surface area contributed by atoms with E-state index in [1.165, 1.54) is 12.6 Å². The van der Waals surface area contributed by atoms with E-state index >= 15 is 0 Å². The Labute approximate surface area is 118 Å². The van der Waals surface area contributed by atoms with Gasteiger partial charge in [0.2, 0.25) is 0 Å². The highest BCUT2D eigenvalue weighted by Gasteiger charge is 2.17. The summed E-state index contributed by atoms with van der Waals surface area (Å²) < 4.78 is 23.3. The van der Waals surface area contributed by atoms with Crippen LogP contribution in [0.15, 0.2) is 35.5 Å². The van der Waals surface area contributed by atoms with Crippen LogP contribution in [0.1, 0.15) is 11.3 Å². The van der Waals surface area contributed by atoms with Gasteiger partial charge in [-0.05, 0) is 25.1 Å². The minimum absolute atomic E-state index is 0.316. The maximum absolute atomic E-state index is 11.7. The van der Waals surface area contributed by atoms with E-state index in [1.54, 1.807) is 18.2 Å². The minimum atomic E-state index is -3.21. The zero-order chi connectivity index (χ0) is 14.2. The molecule has 1 aliphatic rings. The number of sulfone groups is 1. The number of nitrogens with zero attached hydrogens (tertiary/aromatic N) is 2. The Kier molecular flexibility index (Phi) is 3.27. The molecule has 104 valence electrons. The fourth-order valence-corrected chi connectivity index (χ4v) is 3.07. The molecule has 0 saturated carbocycles. The highest BCUT2D eigenvalue weighted by atomic mass is 32.2. The standard InChI is InChI=1S/C14H15N3O2S/c1-20(18,19)11-4-2-3-10(7-11)14-12-5-6-15-8-13(12)16-9-17-14/h2-4,7,9,15H,5-6,8H2,1H3. The van der Waals surface area contributed by atoms with Crippen LogP contribution in [0.3, 0.4) is 0 Å². The van der Waals surface area contributed by atoms with E-state index < -0.39 is 9.84 Å². The van der Waals surface area contributed by atoms with Gasteiger partial charge in [-0.25, -0.2) is 18.4 Å². The lowest BCUT2D eigenvalue weighted by molar-refractivity contribution is 0.602. The lowest BCUT2D eigenvalue weighted by Gasteiger charge is -2.18. The average molecular weight is 289 g/mol. The van der Waals surface area contributed by atoms with Gasteiger partial charge in [0.05, 0.1) is 16.3 Å².